The van der Waals surface area contributed by atoms with Gasteiger partial charge in [-0.1, -0.05) is 0 Å². The quantitative estimate of drug-likeness (QED) is 0.562. The first kappa shape index (κ1) is 11.4. The van der Waals surface area contributed by atoms with Crippen molar-refractivity contribution in [1.29, 1.82) is 5.26 Å². The topological polar surface area (TPSA) is 76.3 Å². The van der Waals surface area contributed by atoms with Gasteiger partial charge in [-0.25, -0.2) is 0 Å². The van der Waals surface area contributed by atoms with Crippen LogP contribution in [-0.4, -0.2) is 35.5 Å². The summed E-state index contributed by atoms with van der Waals surface area (Å²) in [7, 11) is 0. The Hall–Kier alpha value is -0.630. The number of hydrogen-bond donors (Lipinski definition) is 3. The van der Waals surface area contributed by atoms with Gasteiger partial charge in [0.15, 0.2) is 0 Å². The van der Waals surface area contributed by atoms with Crippen molar-refractivity contribution in [3.05, 3.63) is 0 Å². The molecule has 14 heavy (non-hydrogen) atoms. The molecule has 1 fully saturated rings. The first-order chi connectivity index (χ1) is 6.60. The van der Waals surface area contributed by atoms with Crippen molar-refractivity contribution in [2.24, 2.45) is 5.41 Å². The molecule has 1 saturated carbocycles. The van der Waals surface area contributed by atoms with Gasteiger partial charge in [-0.15, -0.1) is 0 Å². The SMILES string of the molecule is CC(CO)(CO)NCC1(CC#N)CC1. The summed E-state index contributed by atoms with van der Waals surface area (Å²) in [5.41, 5.74) is -0.509. The molecule has 0 bridgehead atoms. The van der Waals surface area contributed by atoms with Crippen molar-refractivity contribution in [1.82, 2.24) is 5.32 Å². The minimum absolute atomic E-state index is 0.0911. The highest BCUT2D eigenvalue weighted by molar-refractivity contribution is 5.02. The van der Waals surface area contributed by atoms with Crippen LogP contribution in [0, 0.1) is 16.7 Å². The standard InChI is InChI=1S/C10H18N2O2/c1-9(7-13,8-14)12-6-10(2-3-10)4-5-11/h12-14H,2-4,6-8H2,1H3. The van der Waals surface area contributed by atoms with Gasteiger partial charge in [-0.3, -0.25) is 0 Å². The summed E-state index contributed by atoms with van der Waals surface area (Å²) < 4.78 is 0. The molecule has 0 heterocycles. The zero-order chi connectivity index (χ0) is 10.7. The van der Waals surface area contributed by atoms with Gasteiger partial charge in [-0.2, -0.15) is 5.26 Å². The van der Waals surface area contributed by atoms with E-state index in [1.807, 2.05) is 0 Å². The predicted octanol–water partition coefficient (Wildman–Crippen LogP) is 0.0132. The number of rotatable bonds is 6. The van der Waals surface area contributed by atoms with Crippen LogP contribution in [0.4, 0.5) is 0 Å². The maximum Gasteiger partial charge on any atom is 0.0633 e. The molecule has 1 aliphatic rings. The van der Waals surface area contributed by atoms with E-state index in [1.54, 1.807) is 6.92 Å². The van der Waals surface area contributed by atoms with Crippen molar-refractivity contribution in [3.8, 4) is 6.07 Å². The number of nitriles is 1. The molecule has 0 radical (unpaired) electrons. The third-order valence-electron chi connectivity index (χ3n) is 3.00. The Morgan fingerprint density at radius 3 is 2.36 bits per heavy atom. The molecule has 0 aliphatic heterocycles. The molecule has 0 saturated heterocycles. The van der Waals surface area contributed by atoms with E-state index in [2.05, 4.69) is 11.4 Å². The van der Waals surface area contributed by atoms with Gasteiger partial charge in [0.05, 0.1) is 24.8 Å². The fourth-order valence-electron chi connectivity index (χ4n) is 1.32. The molecule has 0 atom stereocenters. The van der Waals surface area contributed by atoms with Gasteiger partial charge in [-0.05, 0) is 25.2 Å². The molecular weight excluding hydrogens is 180 g/mol. The fourth-order valence-corrected chi connectivity index (χ4v) is 1.32. The molecule has 4 nitrogen and oxygen atoms in total. The van der Waals surface area contributed by atoms with Crippen LogP contribution in [-0.2, 0) is 0 Å². The van der Waals surface area contributed by atoms with E-state index in [9.17, 15) is 0 Å². The largest absolute Gasteiger partial charge is 0.394 e. The average molecular weight is 198 g/mol. The van der Waals surface area contributed by atoms with Crippen molar-refractivity contribution >= 4 is 0 Å². The highest BCUT2D eigenvalue weighted by Crippen LogP contribution is 2.48. The lowest BCUT2D eigenvalue weighted by molar-refractivity contribution is 0.0993. The second-order valence-corrected chi connectivity index (χ2v) is 4.57. The Morgan fingerprint density at radius 2 is 2.00 bits per heavy atom. The van der Waals surface area contributed by atoms with Crippen LogP contribution >= 0.6 is 0 Å². The number of aliphatic hydroxyl groups excluding tert-OH is 2. The number of aliphatic hydroxyl groups is 2. The van der Waals surface area contributed by atoms with Crippen molar-refractivity contribution in [2.45, 2.75) is 31.7 Å². The number of hydrogen-bond acceptors (Lipinski definition) is 4. The molecule has 0 aromatic heterocycles. The van der Waals surface area contributed by atoms with Gasteiger partial charge >= 0.3 is 0 Å². The lowest BCUT2D eigenvalue weighted by Gasteiger charge is -2.28. The van der Waals surface area contributed by atoms with Crippen LogP contribution in [0.1, 0.15) is 26.2 Å². The Morgan fingerprint density at radius 1 is 1.43 bits per heavy atom. The zero-order valence-corrected chi connectivity index (χ0v) is 8.58. The third kappa shape index (κ3) is 2.68. The van der Waals surface area contributed by atoms with E-state index < -0.39 is 5.54 Å². The first-order valence-electron chi connectivity index (χ1n) is 4.93. The summed E-state index contributed by atoms with van der Waals surface area (Å²) in [6.07, 6.45) is 2.70. The third-order valence-corrected chi connectivity index (χ3v) is 3.00. The Balaban J connectivity index is 2.36. The summed E-state index contributed by atoms with van der Waals surface area (Å²) in [4.78, 5) is 0. The number of nitrogens with one attached hydrogen (secondary N) is 1. The summed E-state index contributed by atoms with van der Waals surface area (Å²) in [6.45, 7) is 2.30. The van der Waals surface area contributed by atoms with Crippen LogP contribution in [0.2, 0.25) is 0 Å². The first-order valence-corrected chi connectivity index (χ1v) is 4.93. The molecule has 0 amide bonds. The predicted molar refractivity (Wildman–Crippen MR) is 52.5 cm³/mol. The van der Waals surface area contributed by atoms with Gasteiger partial charge in [0.1, 0.15) is 0 Å². The fraction of sp³-hybridized carbons (Fsp3) is 0.900. The van der Waals surface area contributed by atoms with Gasteiger partial charge in [0.25, 0.3) is 0 Å². The summed E-state index contributed by atoms with van der Waals surface area (Å²) in [6, 6.07) is 2.18. The maximum atomic E-state index is 9.04. The van der Waals surface area contributed by atoms with E-state index in [0.717, 1.165) is 12.8 Å². The molecule has 80 valence electrons. The molecule has 1 aliphatic carbocycles. The molecular formula is C10H18N2O2. The minimum Gasteiger partial charge on any atom is -0.394 e. The zero-order valence-electron chi connectivity index (χ0n) is 8.58. The van der Waals surface area contributed by atoms with Gasteiger partial charge in [0, 0.05) is 13.0 Å². The lowest BCUT2D eigenvalue weighted by atomic mass is 9.99. The van der Waals surface area contributed by atoms with Crippen LogP contribution in [0.25, 0.3) is 0 Å². The molecule has 3 N–H and O–H groups in total. The molecule has 0 aromatic rings. The summed E-state index contributed by atoms with van der Waals surface area (Å²) in [5, 5.41) is 29.8. The van der Waals surface area contributed by atoms with E-state index in [0.29, 0.717) is 13.0 Å². The monoisotopic (exact) mass is 198 g/mol. The summed E-state index contributed by atoms with van der Waals surface area (Å²) >= 11 is 0. The Kier molecular flexibility index (Phi) is 3.48. The van der Waals surface area contributed by atoms with Crippen molar-refractivity contribution < 1.29 is 10.2 Å². The van der Waals surface area contributed by atoms with Crippen LogP contribution in [0.5, 0.6) is 0 Å². The van der Waals surface area contributed by atoms with E-state index >= 15 is 0 Å². The van der Waals surface area contributed by atoms with E-state index in [1.165, 1.54) is 0 Å². The second kappa shape index (κ2) is 4.26. The van der Waals surface area contributed by atoms with E-state index in [4.69, 9.17) is 15.5 Å². The van der Waals surface area contributed by atoms with Crippen LogP contribution in [0.15, 0.2) is 0 Å². The average Bonchev–Trinajstić information content (AvgIpc) is 2.96. The van der Waals surface area contributed by atoms with Crippen LogP contribution in [0.3, 0.4) is 0 Å². The highest BCUT2D eigenvalue weighted by Gasteiger charge is 2.43. The molecule has 0 spiro atoms. The Labute approximate surface area is 84.5 Å². The molecule has 1 rings (SSSR count). The lowest BCUT2D eigenvalue weighted by Crippen LogP contribution is -2.50. The molecule has 4 heteroatoms. The van der Waals surface area contributed by atoms with E-state index in [-0.39, 0.29) is 18.6 Å². The second-order valence-electron chi connectivity index (χ2n) is 4.57. The van der Waals surface area contributed by atoms with Crippen molar-refractivity contribution in [2.75, 3.05) is 19.8 Å². The smallest absolute Gasteiger partial charge is 0.0633 e. The summed E-state index contributed by atoms with van der Waals surface area (Å²) in [5.74, 6) is 0. The van der Waals surface area contributed by atoms with Crippen molar-refractivity contribution in [3.63, 3.8) is 0 Å². The van der Waals surface area contributed by atoms with Gasteiger partial charge < -0.3 is 15.5 Å². The number of nitrogens with zero attached hydrogens (tertiary/aromatic N) is 1. The molecule has 0 unspecified atom stereocenters. The minimum atomic E-state index is -0.620. The molecule has 0 aromatic carbocycles. The highest BCUT2D eigenvalue weighted by atomic mass is 16.3. The van der Waals surface area contributed by atoms with Crippen LogP contribution < -0.4 is 5.32 Å². The maximum absolute atomic E-state index is 9.04. The Bertz CT molecular complexity index is 227. The normalized spacial score (nSPS) is 19.0. The van der Waals surface area contributed by atoms with Gasteiger partial charge in [0.2, 0.25) is 0 Å².